The smallest absolute Gasteiger partial charge is 0.319 e. The number of fused-ring (bicyclic) bond motifs is 3. The van der Waals surface area contributed by atoms with Gasteiger partial charge in [-0.05, 0) is 57.0 Å². The van der Waals surface area contributed by atoms with Crippen molar-refractivity contribution < 1.29 is 13.5 Å². The molecule has 4 aliphatic heterocycles. The molecule has 4 N–H and O–H groups in total. The monoisotopic (exact) mass is 578 g/mol. The maximum Gasteiger partial charge on any atom is 0.319 e. The number of benzene rings is 2. The zero-order valence-corrected chi connectivity index (χ0v) is 23.5. The highest BCUT2D eigenvalue weighted by atomic mass is 32.1. The SMILES string of the molecule is Nc1nc2c(-c3ccc4c(N5CC6(CNCCN6)C5)nc(OCC56CCCN5CCC6)nc4c3F)ccc(F)c2s1. The number of thiazole rings is 1. The summed E-state index contributed by atoms with van der Waals surface area (Å²) in [5.41, 5.74) is 7.19. The molecule has 4 fully saturated rings. The van der Waals surface area contributed by atoms with Crippen LogP contribution >= 0.6 is 11.3 Å². The largest absolute Gasteiger partial charge is 0.461 e. The van der Waals surface area contributed by atoms with Crippen molar-refractivity contribution in [2.24, 2.45) is 0 Å². The van der Waals surface area contributed by atoms with E-state index in [0.29, 0.717) is 33.6 Å². The highest BCUT2D eigenvalue weighted by Crippen LogP contribution is 2.42. The third kappa shape index (κ3) is 4.06. The minimum atomic E-state index is -0.510. The summed E-state index contributed by atoms with van der Waals surface area (Å²) in [5.74, 6) is -0.267. The van der Waals surface area contributed by atoms with Gasteiger partial charge in [-0.3, -0.25) is 4.90 Å². The fourth-order valence-corrected chi connectivity index (χ4v) is 8.14. The van der Waals surface area contributed by atoms with Gasteiger partial charge >= 0.3 is 6.01 Å². The van der Waals surface area contributed by atoms with Crippen LogP contribution in [0.25, 0.3) is 32.2 Å². The standard InChI is InChI=1S/C29H32F2N8OS/c30-20-6-5-18(23-24(20)41-26(32)35-23)17-3-4-19-22(21(17)31)36-27(40-16-29-7-1-11-39(29)12-2-8-29)37-25(19)38-14-28(15-38)13-33-9-10-34-28/h3-6,33-34H,1-2,7-16H2,(H2,32,35). The Hall–Kier alpha value is -3.19. The molecular weight excluding hydrogens is 546 g/mol. The zero-order valence-electron chi connectivity index (χ0n) is 22.7. The number of nitrogens with one attached hydrogen (secondary N) is 2. The molecule has 2 aromatic heterocycles. The van der Waals surface area contributed by atoms with Crippen molar-refractivity contribution in [3.05, 3.63) is 35.9 Å². The molecule has 0 aliphatic carbocycles. The van der Waals surface area contributed by atoms with Crippen LogP contribution in [-0.2, 0) is 0 Å². The molecule has 0 atom stereocenters. The Morgan fingerprint density at radius 1 is 0.976 bits per heavy atom. The topological polar surface area (TPSA) is 104 Å². The van der Waals surface area contributed by atoms with Crippen LogP contribution in [-0.4, -0.2) is 83.3 Å². The normalized spacial score (nSPS) is 21.6. The van der Waals surface area contributed by atoms with Crippen LogP contribution in [0.15, 0.2) is 24.3 Å². The average Bonchev–Trinajstić information content (AvgIpc) is 3.66. The van der Waals surface area contributed by atoms with Gasteiger partial charge in [-0.25, -0.2) is 13.8 Å². The van der Waals surface area contributed by atoms with E-state index in [9.17, 15) is 4.39 Å². The van der Waals surface area contributed by atoms with E-state index < -0.39 is 11.6 Å². The Morgan fingerprint density at radius 3 is 2.56 bits per heavy atom. The molecule has 6 heterocycles. The maximum atomic E-state index is 16.5. The molecule has 2 aromatic carbocycles. The number of nitrogens with zero attached hydrogens (tertiary/aromatic N) is 5. The zero-order chi connectivity index (χ0) is 27.8. The third-order valence-corrected chi connectivity index (χ3v) is 10.3. The van der Waals surface area contributed by atoms with Crippen molar-refractivity contribution >= 4 is 43.4 Å². The van der Waals surface area contributed by atoms with E-state index in [1.54, 1.807) is 12.1 Å². The summed E-state index contributed by atoms with van der Waals surface area (Å²) >= 11 is 1.05. The Kier molecular flexibility index (Phi) is 5.86. The highest BCUT2D eigenvalue weighted by Gasteiger charge is 2.46. The van der Waals surface area contributed by atoms with Crippen LogP contribution < -0.4 is 26.0 Å². The average molecular weight is 579 g/mol. The Labute approximate surface area is 240 Å². The second-order valence-electron chi connectivity index (χ2n) is 11.9. The first-order valence-electron chi connectivity index (χ1n) is 14.4. The van der Waals surface area contributed by atoms with Gasteiger partial charge in [-0.2, -0.15) is 9.97 Å². The van der Waals surface area contributed by atoms with Crippen molar-refractivity contribution in [2.45, 2.75) is 36.8 Å². The number of hydrogen-bond donors (Lipinski definition) is 3. The molecule has 4 aromatic rings. The van der Waals surface area contributed by atoms with Crippen molar-refractivity contribution in [1.29, 1.82) is 0 Å². The van der Waals surface area contributed by atoms with Crippen LogP contribution in [0.5, 0.6) is 6.01 Å². The molecule has 12 heteroatoms. The first-order chi connectivity index (χ1) is 19.9. The summed E-state index contributed by atoms with van der Waals surface area (Å²) in [7, 11) is 0. The number of nitrogens with two attached hydrogens (primary N) is 1. The number of aromatic nitrogens is 3. The number of anilines is 2. The lowest BCUT2D eigenvalue weighted by Crippen LogP contribution is -2.76. The predicted octanol–water partition coefficient (Wildman–Crippen LogP) is 3.53. The molecule has 0 saturated carbocycles. The van der Waals surface area contributed by atoms with Crippen molar-refractivity contribution in [1.82, 2.24) is 30.5 Å². The first kappa shape index (κ1) is 25.5. The van der Waals surface area contributed by atoms with Gasteiger partial charge in [0.05, 0.1) is 21.3 Å². The molecule has 4 aliphatic rings. The van der Waals surface area contributed by atoms with Crippen LogP contribution in [0.2, 0.25) is 0 Å². The highest BCUT2D eigenvalue weighted by molar-refractivity contribution is 7.22. The molecule has 1 spiro atoms. The minimum Gasteiger partial charge on any atom is -0.461 e. The minimum absolute atomic E-state index is 0.0155. The summed E-state index contributed by atoms with van der Waals surface area (Å²) in [6.45, 7) is 6.92. The number of halogens is 2. The molecule has 214 valence electrons. The summed E-state index contributed by atoms with van der Waals surface area (Å²) in [4.78, 5) is 18.5. The summed E-state index contributed by atoms with van der Waals surface area (Å²) in [6.07, 6.45) is 4.51. The van der Waals surface area contributed by atoms with Crippen molar-refractivity contribution in [2.75, 3.05) is 63.1 Å². The second kappa shape index (κ2) is 9.41. The lowest BCUT2D eigenvalue weighted by Gasteiger charge is -2.53. The van der Waals surface area contributed by atoms with E-state index >= 15 is 4.39 Å². The molecule has 0 bridgehead atoms. The second-order valence-corrected chi connectivity index (χ2v) is 13.0. The Balaban J connectivity index is 1.21. The molecule has 8 rings (SSSR count). The van der Waals surface area contributed by atoms with Crippen molar-refractivity contribution in [3.63, 3.8) is 0 Å². The summed E-state index contributed by atoms with van der Waals surface area (Å²) < 4.78 is 37.6. The van der Waals surface area contributed by atoms with E-state index in [4.69, 9.17) is 15.5 Å². The van der Waals surface area contributed by atoms with Crippen LogP contribution in [0.3, 0.4) is 0 Å². The van der Waals surface area contributed by atoms with Gasteiger partial charge < -0.3 is 26.0 Å². The Bertz CT molecular complexity index is 1650. The van der Waals surface area contributed by atoms with E-state index in [0.717, 1.165) is 82.8 Å². The number of rotatable bonds is 5. The van der Waals surface area contributed by atoms with Gasteiger partial charge in [0.25, 0.3) is 0 Å². The van der Waals surface area contributed by atoms with Gasteiger partial charge in [0.1, 0.15) is 23.8 Å². The van der Waals surface area contributed by atoms with Gasteiger partial charge in [-0.1, -0.05) is 17.4 Å². The van der Waals surface area contributed by atoms with E-state index in [2.05, 4.69) is 30.4 Å². The molecule has 0 radical (unpaired) electrons. The molecule has 4 saturated heterocycles. The number of piperazine rings is 1. The molecule has 0 amide bonds. The van der Waals surface area contributed by atoms with Crippen LogP contribution in [0, 0.1) is 11.6 Å². The molecule has 41 heavy (non-hydrogen) atoms. The van der Waals surface area contributed by atoms with E-state index in [1.807, 2.05) is 6.07 Å². The lowest BCUT2D eigenvalue weighted by atomic mass is 9.88. The first-order valence-corrected chi connectivity index (χ1v) is 15.2. The third-order valence-electron chi connectivity index (χ3n) is 9.40. The van der Waals surface area contributed by atoms with Crippen LogP contribution in [0.4, 0.5) is 19.7 Å². The number of nitrogen functional groups attached to an aromatic ring is 1. The Morgan fingerprint density at radius 2 is 1.78 bits per heavy atom. The molecule has 0 unspecified atom stereocenters. The summed E-state index contributed by atoms with van der Waals surface area (Å²) in [6, 6.07) is 6.63. The van der Waals surface area contributed by atoms with Gasteiger partial charge in [0, 0.05) is 49.2 Å². The number of ether oxygens (including phenoxy) is 1. The predicted molar refractivity (Wildman–Crippen MR) is 157 cm³/mol. The van der Waals surface area contributed by atoms with Gasteiger partial charge in [0.15, 0.2) is 10.9 Å². The fraction of sp³-hybridized carbons (Fsp3) is 0.483. The fourth-order valence-electron chi connectivity index (χ4n) is 7.37. The van der Waals surface area contributed by atoms with E-state index in [1.165, 1.54) is 6.07 Å². The lowest BCUT2D eigenvalue weighted by molar-refractivity contribution is 0.107. The van der Waals surface area contributed by atoms with E-state index in [-0.39, 0.29) is 33.3 Å². The van der Waals surface area contributed by atoms with Gasteiger partial charge in [-0.15, -0.1) is 0 Å². The maximum absolute atomic E-state index is 16.5. The quantitative estimate of drug-likeness (QED) is 0.328. The van der Waals surface area contributed by atoms with Crippen molar-refractivity contribution in [3.8, 4) is 17.1 Å². The molecule has 9 nitrogen and oxygen atoms in total. The number of hydrogen-bond acceptors (Lipinski definition) is 10. The van der Waals surface area contributed by atoms with Crippen LogP contribution in [0.1, 0.15) is 25.7 Å². The molecular formula is C29H32F2N8OS. The summed E-state index contributed by atoms with van der Waals surface area (Å²) in [5, 5.41) is 7.97. The van der Waals surface area contributed by atoms with Gasteiger partial charge in [0.2, 0.25) is 0 Å².